The van der Waals surface area contributed by atoms with Gasteiger partial charge in [-0.2, -0.15) is 0 Å². The summed E-state index contributed by atoms with van der Waals surface area (Å²) in [7, 11) is 0. The predicted octanol–water partition coefficient (Wildman–Crippen LogP) is 2.92. The van der Waals surface area contributed by atoms with Gasteiger partial charge in [0.2, 0.25) is 0 Å². The molecule has 0 saturated heterocycles. The first-order valence-corrected chi connectivity index (χ1v) is 6.45. The summed E-state index contributed by atoms with van der Waals surface area (Å²) >= 11 is 1.69. The zero-order chi connectivity index (χ0) is 11.5. The van der Waals surface area contributed by atoms with Crippen molar-refractivity contribution >= 4 is 11.8 Å². The third-order valence-electron chi connectivity index (χ3n) is 2.76. The quantitative estimate of drug-likeness (QED) is 0.791. The van der Waals surface area contributed by atoms with E-state index in [0.717, 1.165) is 12.8 Å². The fourth-order valence-electron chi connectivity index (χ4n) is 1.72. The highest BCUT2D eigenvalue weighted by molar-refractivity contribution is 8.00. The summed E-state index contributed by atoms with van der Waals surface area (Å²) in [6.45, 7) is 4.19. The Balaban J connectivity index is 2.18. The van der Waals surface area contributed by atoms with Gasteiger partial charge in [-0.15, -0.1) is 17.7 Å². The number of hydrogen-bond donors (Lipinski definition) is 1. The van der Waals surface area contributed by atoms with E-state index in [2.05, 4.69) is 43.9 Å². The monoisotopic (exact) mass is 232 g/mol. The smallest absolute Gasteiger partial charge is 0.0962 e. The number of aliphatic hydroxyl groups is 1. The van der Waals surface area contributed by atoms with Gasteiger partial charge < -0.3 is 5.11 Å². The lowest BCUT2D eigenvalue weighted by Crippen LogP contribution is -2.23. The fraction of sp³-hybridized carbons (Fsp3) is 0.429. The largest absolute Gasteiger partial charge is 0.391 e. The normalized spacial score (nSPS) is 23.7. The zero-order valence-electron chi connectivity index (χ0n) is 9.66. The van der Waals surface area contributed by atoms with Crippen molar-refractivity contribution in [3.8, 4) is 11.8 Å². The Morgan fingerprint density at radius 3 is 2.94 bits per heavy atom. The van der Waals surface area contributed by atoms with Crippen LogP contribution in [0, 0.1) is 25.7 Å². The topological polar surface area (TPSA) is 20.2 Å². The number of aryl methyl sites for hydroxylation is 2. The van der Waals surface area contributed by atoms with Crippen LogP contribution in [0.25, 0.3) is 0 Å². The molecule has 0 saturated carbocycles. The first-order chi connectivity index (χ1) is 7.66. The van der Waals surface area contributed by atoms with Crippen molar-refractivity contribution in [3.63, 3.8) is 0 Å². The summed E-state index contributed by atoms with van der Waals surface area (Å²) in [6.07, 6.45) is 1.34. The van der Waals surface area contributed by atoms with E-state index in [0.29, 0.717) is 0 Å². The predicted molar refractivity (Wildman–Crippen MR) is 68.6 cm³/mol. The Morgan fingerprint density at radius 1 is 1.38 bits per heavy atom. The van der Waals surface area contributed by atoms with Crippen LogP contribution < -0.4 is 0 Å². The Bertz CT molecular complexity index is 442. The summed E-state index contributed by atoms with van der Waals surface area (Å²) in [6, 6.07) is 6.41. The van der Waals surface area contributed by atoms with E-state index in [9.17, 15) is 5.11 Å². The van der Waals surface area contributed by atoms with Gasteiger partial charge in [-0.3, -0.25) is 0 Å². The molecule has 1 aliphatic rings. The number of thioether (sulfide) groups is 1. The highest BCUT2D eigenvalue weighted by Crippen LogP contribution is 2.31. The number of aliphatic hydroxyl groups excluding tert-OH is 1. The van der Waals surface area contributed by atoms with Crippen LogP contribution in [0.1, 0.15) is 24.0 Å². The van der Waals surface area contributed by atoms with E-state index < -0.39 is 0 Å². The first kappa shape index (κ1) is 11.6. The summed E-state index contributed by atoms with van der Waals surface area (Å²) < 4.78 is 0. The lowest BCUT2D eigenvalue weighted by Gasteiger charge is -2.20. The van der Waals surface area contributed by atoms with Crippen molar-refractivity contribution in [2.75, 3.05) is 0 Å². The molecular formula is C14H16OS. The van der Waals surface area contributed by atoms with Gasteiger partial charge in [0, 0.05) is 11.3 Å². The van der Waals surface area contributed by atoms with Gasteiger partial charge in [-0.25, -0.2) is 0 Å². The standard InChI is InChI=1S/C14H16OS/c1-10-7-8-11(2)14(9-10)16-13-6-4-3-5-12(13)15/h7-9,12-13,15H,3,5H2,1-2H3/t12-,13-/m1/s1. The van der Waals surface area contributed by atoms with Gasteiger partial charge in [-0.1, -0.05) is 23.6 Å². The molecule has 0 aliphatic heterocycles. The Labute approximate surface area is 101 Å². The van der Waals surface area contributed by atoms with Gasteiger partial charge >= 0.3 is 0 Å². The van der Waals surface area contributed by atoms with E-state index in [4.69, 9.17) is 0 Å². The molecule has 1 aromatic carbocycles. The van der Waals surface area contributed by atoms with Crippen molar-refractivity contribution in [1.29, 1.82) is 0 Å². The van der Waals surface area contributed by atoms with Gasteiger partial charge in [0.15, 0.2) is 0 Å². The van der Waals surface area contributed by atoms with Crippen LogP contribution in [0.3, 0.4) is 0 Å². The molecule has 0 heterocycles. The van der Waals surface area contributed by atoms with Crippen molar-refractivity contribution in [2.45, 2.75) is 42.9 Å². The van der Waals surface area contributed by atoms with E-state index in [1.807, 2.05) is 0 Å². The van der Waals surface area contributed by atoms with Crippen molar-refractivity contribution in [3.05, 3.63) is 29.3 Å². The van der Waals surface area contributed by atoms with E-state index in [1.54, 1.807) is 11.8 Å². The average Bonchev–Trinajstić information content (AvgIpc) is 2.27. The van der Waals surface area contributed by atoms with Crippen LogP contribution in [-0.2, 0) is 0 Å². The average molecular weight is 232 g/mol. The first-order valence-electron chi connectivity index (χ1n) is 5.57. The molecule has 16 heavy (non-hydrogen) atoms. The Hall–Kier alpha value is -0.910. The molecule has 0 spiro atoms. The molecule has 0 bridgehead atoms. The SMILES string of the molecule is Cc1ccc(C)c(S[C@@H]2C#CCC[C@H]2O)c1. The minimum absolute atomic E-state index is 0.0363. The van der Waals surface area contributed by atoms with E-state index in [1.165, 1.54) is 16.0 Å². The molecule has 2 rings (SSSR count). The highest BCUT2D eigenvalue weighted by atomic mass is 32.2. The summed E-state index contributed by atoms with van der Waals surface area (Å²) in [5.41, 5.74) is 2.52. The maximum absolute atomic E-state index is 9.87. The summed E-state index contributed by atoms with van der Waals surface area (Å²) in [4.78, 5) is 1.24. The van der Waals surface area contributed by atoms with Crippen LogP contribution in [0.4, 0.5) is 0 Å². The second-order valence-electron chi connectivity index (χ2n) is 4.23. The van der Waals surface area contributed by atoms with Crippen molar-refractivity contribution in [1.82, 2.24) is 0 Å². The van der Waals surface area contributed by atoms with Crippen molar-refractivity contribution < 1.29 is 5.11 Å². The van der Waals surface area contributed by atoms with Gasteiger partial charge in [0.1, 0.15) is 0 Å². The third-order valence-corrected chi connectivity index (χ3v) is 4.14. The Kier molecular flexibility index (Phi) is 3.58. The van der Waals surface area contributed by atoms with Gasteiger partial charge in [0.05, 0.1) is 11.4 Å². The van der Waals surface area contributed by atoms with Crippen LogP contribution >= 0.6 is 11.8 Å². The fourth-order valence-corrected chi connectivity index (χ4v) is 2.94. The van der Waals surface area contributed by atoms with Gasteiger partial charge in [-0.05, 0) is 31.9 Å². The van der Waals surface area contributed by atoms with Crippen LogP contribution in [-0.4, -0.2) is 16.5 Å². The molecule has 0 fully saturated rings. The second-order valence-corrected chi connectivity index (χ2v) is 5.42. The van der Waals surface area contributed by atoms with E-state index >= 15 is 0 Å². The van der Waals surface area contributed by atoms with Crippen LogP contribution in [0.15, 0.2) is 23.1 Å². The maximum Gasteiger partial charge on any atom is 0.0962 e. The third kappa shape index (κ3) is 2.61. The van der Waals surface area contributed by atoms with Gasteiger partial charge in [0.25, 0.3) is 0 Å². The molecule has 0 unspecified atom stereocenters. The maximum atomic E-state index is 9.87. The molecule has 2 heteroatoms. The molecule has 1 N–H and O–H groups in total. The minimum atomic E-state index is -0.286. The minimum Gasteiger partial charge on any atom is -0.391 e. The lowest BCUT2D eigenvalue weighted by molar-refractivity contribution is 0.174. The molecule has 0 radical (unpaired) electrons. The summed E-state index contributed by atoms with van der Waals surface area (Å²) in [5, 5.41) is 9.90. The molecule has 0 aromatic heterocycles. The summed E-state index contributed by atoms with van der Waals surface area (Å²) in [5.74, 6) is 6.22. The molecule has 0 amide bonds. The number of hydrogen-bond acceptors (Lipinski definition) is 2. The molecule has 1 aliphatic carbocycles. The number of benzene rings is 1. The zero-order valence-corrected chi connectivity index (χ0v) is 10.5. The van der Waals surface area contributed by atoms with Crippen molar-refractivity contribution in [2.24, 2.45) is 0 Å². The molecule has 2 atom stereocenters. The highest BCUT2D eigenvalue weighted by Gasteiger charge is 2.20. The number of rotatable bonds is 2. The second kappa shape index (κ2) is 4.95. The van der Waals surface area contributed by atoms with Crippen LogP contribution in [0.2, 0.25) is 0 Å². The lowest BCUT2D eigenvalue weighted by atomic mass is 10.1. The molecule has 84 valence electrons. The van der Waals surface area contributed by atoms with E-state index in [-0.39, 0.29) is 11.4 Å². The van der Waals surface area contributed by atoms with Crippen LogP contribution in [0.5, 0.6) is 0 Å². The Morgan fingerprint density at radius 2 is 2.19 bits per heavy atom. The molecule has 1 aromatic rings. The molecular weight excluding hydrogens is 216 g/mol. The molecule has 1 nitrogen and oxygen atoms in total.